The second-order valence-corrected chi connectivity index (χ2v) is 6.28. The number of allylic oxidation sites excluding steroid dienone is 2. The van der Waals surface area contributed by atoms with E-state index in [2.05, 4.69) is 28.7 Å². The molecule has 0 aromatic carbocycles. The van der Waals surface area contributed by atoms with Crippen molar-refractivity contribution in [2.75, 3.05) is 13.1 Å². The van der Waals surface area contributed by atoms with Crippen LogP contribution < -0.4 is 0 Å². The van der Waals surface area contributed by atoms with Crippen molar-refractivity contribution >= 4 is 5.91 Å². The monoisotopic (exact) mass is 272 g/mol. The molecule has 5 heteroatoms. The molecule has 1 aromatic heterocycles. The number of rotatable bonds is 3. The Bertz CT molecular complexity index is 540. The van der Waals surface area contributed by atoms with Gasteiger partial charge in [-0.2, -0.15) is 0 Å². The largest absolute Gasteiger partial charge is 0.338 e. The fourth-order valence-electron chi connectivity index (χ4n) is 3.11. The standard InChI is InChI=1S/C15H20N4O/c20-15(12-4-2-1-3-5-12)18-8-13(9-18)19-10-14(16-17-19)11-6-7-11/h1-2,10-13H,3-9H2. The lowest BCUT2D eigenvalue weighted by molar-refractivity contribution is -0.141. The topological polar surface area (TPSA) is 51.0 Å². The highest BCUT2D eigenvalue weighted by Crippen LogP contribution is 2.39. The maximum absolute atomic E-state index is 12.3. The molecule has 0 radical (unpaired) electrons. The molecular weight excluding hydrogens is 252 g/mol. The van der Waals surface area contributed by atoms with E-state index in [1.54, 1.807) is 0 Å². The van der Waals surface area contributed by atoms with Gasteiger partial charge >= 0.3 is 0 Å². The van der Waals surface area contributed by atoms with Crippen molar-refractivity contribution in [2.45, 2.75) is 44.1 Å². The summed E-state index contributed by atoms with van der Waals surface area (Å²) in [6.07, 6.45) is 11.9. The lowest BCUT2D eigenvalue weighted by Crippen LogP contribution is -2.52. The molecule has 1 saturated heterocycles. The highest BCUT2D eigenvalue weighted by molar-refractivity contribution is 5.80. The number of aromatic nitrogens is 3. The van der Waals surface area contributed by atoms with Gasteiger partial charge in [-0.25, -0.2) is 4.68 Å². The van der Waals surface area contributed by atoms with Gasteiger partial charge in [-0.05, 0) is 32.1 Å². The van der Waals surface area contributed by atoms with Crippen LogP contribution in [0.5, 0.6) is 0 Å². The van der Waals surface area contributed by atoms with Gasteiger partial charge in [0.25, 0.3) is 0 Å². The number of amides is 1. The fraction of sp³-hybridized carbons (Fsp3) is 0.667. The first-order chi connectivity index (χ1) is 9.81. The normalized spacial score (nSPS) is 26.6. The maximum atomic E-state index is 12.3. The number of carbonyl (C=O) groups excluding carboxylic acids is 1. The van der Waals surface area contributed by atoms with Crippen LogP contribution in [0.4, 0.5) is 0 Å². The quantitative estimate of drug-likeness (QED) is 0.790. The second kappa shape index (κ2) is 4.72. The van der Waals surface area contributed by atoms with Gasteiger partial charge in [-0.15, -0.1) is 5.10 Å². The zero-order valence-electron chi connectivity index (χ0n) is 11.6. The van der Waals surface area contributed by atoms with Crippen LogP contribution in [0.3, 0.4) is 0 Å². The van der Waals surface area contributed by atoms with Crippen molar-refractivity contribution in [3.8, 4) is 0 Å². The minimum absolute atomic E-state index is 0.207. The Kier molecular flexibility index (Phi) is 2.86. The van der Waals surface area contributed by atoms with Crippen LogP contribution in [0.25, 0.3) is 0 Å². The summed E-state index contributed by atoms with van der Waals surface area (Å²) in [6.45, 7) is 1.60. The van der Waals surface area contributed by atoms with Gasteiger partial charge < -0.3 is 4.90 Å². The molecular formula is C15H20N4O. The summed E-state index contributed by atoms with van der Waals surface area (Å²) in [5, 5.41) is 8.46. The van der Waals surface area contributed by atoms with Crippen molar-refractivity contribution < 1.29 is 4.79 Å². The average Bonchev–Trinajstić information content (AvgIpc) is 3.18. The molecule has 0 spiro atoms. The molecule has 20 heavy (non-hydrogen) atoms. The number of hydrogen-bond acceptors (Lipinski definition) is 3. The predicted octanol–water partition coefficient (Wildman–Crippen LogP) is 1.90. The summed E-state index contributed by atoms with van der Waals surface area (Å²) >= 11 is 0. The van der Waals surface area contributed by atoms with Crippen LogP contribution in [0.15, 0.2) is 18.3 Å². The summed E-state index contributed by atoms with van der Waals surface area (Å²) in [7, 11) is 0. The molecule has 2 heterocycles. The van der Waals surface area contributed by atoms with Crippen LogP contribution in [-0.2, 0) is 4.79 Å². The lowest BCUT2D eigenvalue weighted by atomic mass is 9.91. The van der Waals surface area contributed by atoms with Crippen molar-refractivity contribution in [2.24, 2.45) is 5.92 Å². The average molecular weight is 272 g/mol. The van der Waals surface area contributed by atoms with Crippen LogP contribution in [-0.4, -0.2) is 38.9 Å². The fourth-order valence-corrected chi connectivity index (χ4v) is 3.11. The molecule has 2 fully saturated rings. The first kappa shape index (κ1) is 12.1. The van der Waals surface area contributed by atoms with E-state index in [0.29, 0.717) is 17.9 Å². The molecule has 1 aliphatic heterocycles. The SMILES string of the molecule is O=C(C1CC=CCC1)N1CC(n2cc(C3CC3)nn2)C1. The number of nitrogens with zero attached hydrogens (tertiary/aromatic N) is 4. The molecule has 1 saturated carbocycles. The zero-order valence-corrected chi connectivity index (χ0v) is 11.6. The molecule has 4 rings (SSSR count). The maximum Gasteiger partial charge on any atom is 0.226 e. The summed E-state index contributed by atoms with van der Waals surface area (Å²) in [6, 6.07) is 0.332. The van der Waals surface area contributed by atoms with E-state index in [1.807, 2.05) is 9.58 Å². The first-order valence-corrected chi connectivity index (χ1v) is 7.67. The van der Waals surface area contributed by atoms with Crippen LogP contribution in [0, 0.1) is 5.92 Å². The van der Waals surface area contributed by atoms with Crippen molar-refractivity contribution in [1.29, 1.82) is 0 Å². The Hall–Kier alpha value is -1.65. The number of hydrogen-bond donors (Lipinski definition) is 0. The van der Waals surface area contributed by atoms with E-state index >= 15 is 0 Å². The first-order valence-electron chi connectivity index (χ1n) is 7.67. The molecule has 1 atom stereocenters. The minimum Gasteiger partial charge on any atom is -0.338 e. The van der Waals surface area contributed by atoms with Gasteiger partial charge in [0.1, 0.15) is 0 Å². The number of carbonyl (C=O) groups is 1. The molecule has 1 aromatic rings. The van der Waals surface area contributed by atoms with Crippen molar-refractivity contribution in [3.05, 3.63) is 24.0 Å². The molecule has 5 nitrogen and oxygen atoms in total. The molecule has 3 aliphatic rings. The lowest BCUT2D eigenvalue weighted by Gasteiger charge is -2.40. The Balaban J connectivity index is 1.34. The minimum atomic E-state index is 0.207. The molecule has 0 bridgehead atoms. The van der Waals surface area contributed by atoms with E-state index in [9.17, 15) is 4.79 Å². The van der Waals surface area contributed by atoms with Gasteiger partial charge in [-0.1, -0.05) is 17.4 Å². The third kappa shape index (κ3) is 2.15. The van der Waals surface area contributed by atoms with E-state index in [0.717, 1.165) is 38.0 Å². The van der Waals surface area contributed by atoms with Gasteiger partial charge in [0.15, 0.2) is 0 Å². The smallest absolute Gasteiger partial charge is 0.226 e. The highest BCUT2D eigenvalue weighted by Gasteiger charge is 2.36. The van der Waals surface area contributed by atoms with Gasteiger partial charge in [0.05, 0.1) is 11.7 Å². The van der Waals surface area contributed by atoms with Gasteiger partial charge in [0.2, 0.25) is 5.91 Å². The van der Waals surface area contributed by atoms with Crippen molar-refractivity contribution in [1.82, 2.24) is 19.9 Å². The van der Waals surface area contributed by atoms with Crippen LogP contribution in [0.2, 0.25) is 0 Å². The Morgan fingerprint density at radius 2 is 2.05 bits per heavy atom. The van der Waals surface area contributed by atoms with Crippen LogP contribution >= 0.6 is 0 Å². The number of likely N-dealkylation sites (tertiary alicyclic amines) is 1. The van der Waals surface area contributed by atoms with Gasteiger partial charge in [-0.3, -0.25) is 4.79 Å². The summed E-state index contributed by atoms with van der Waals surface area (Å²) in [5.74, 6) is 1.18. The van der Waals surface area contributed by atoms with E-state index in [-0.39, 0.29) is 5.92 Å². The summed E-state index contributed by atoms with van der Waals surface area (Å²) in [5.41, 5.74) is 1.13. The highest BCUT2D eigenvalue weighted by atomic mass is 16.2. The van der Waals surface area contributed by atoms with Gasteiger partial charge in [0, 0.05) is 31.1 Å². The molecule has 106 valence electrons. The Morgan fingerprint density at radius 3 is 2.75 bits per heavy atom. The third-order valence-corrected chi connectivity index (χ3v) is 4.69. The molecule has 1 unspecified atom stereocenters. The van der Waals surface area contributed by atoms with Crippen LogP contribution in [0.1, 0.15) is 49.8 Å². The van der Waals surface area contributed by atoms with Crippen molar-refractivity contribution in [3.63, 3.8) is 0 Å². The Morgan fingerprint density at radius 1 is 1.20 bits per heavy atom. The molecule has 0 N–H and O–H groups in total. The molecule has 2 aliphatic carbocycles. The molecule has 1 amide bonds. The zero-order chi connectivity index (χ0) is 13.5. The predicted molar refractivity (Wildman–Crippen MR) is 74.1 cm³/mol. The van der Waals surface area contributed by atoms with E-state index < -0.39 is 0 Å². The van der Waals surface area contributed by atoms with E-state index in [4.69, 9.17) is 0 Å². The Labute approximate surface area is 118 Å². The summed E-state index contributed by atoms with van der Waals surface area (Å²) < 4.78 is 1.96. The summed E-state index contributed by atoms with van der Waals surface area (Å²) in [4.78, 5) is 14.3. The van der Waals surface area contributed by atoms with E-state index in [1.165, 1.54) is 12.8 Å². The second-order valence-electron chi connectivity index (χ2n) is 6.28. The third-order valence-electron chi connectivity index (χ3n) is 4.69.